The van der Waals surface area contributed by atoms with Crippen LogP contribution in [0, 0.1) is 0 Å². The molecular weight excluding hydrogens is 389 g/mol. The second-order valence-corrected chi connectivity index (χ2v) is 6.55. The van der Waals surface area contributed by atoms with Crippen LogP contribution in [0.1, 0.15) is 16.8 Å². The number of rotatable bonds is 7. The Bertz CT molecular complexity index is 917. The van der Waals surface area contributed by atoms with Crippen molar-refractivity contribution in [1.82, 2.24) is 15.3 Å². The van der Waals surface area contributed by atoms with Crippen LogP contribution in [0.15, 0.2) is 60.8 Å². The number of nitrogens with one attached hydrogen (secondary N) is 2. The predicted octanol–water partition coefficient (Wildman–Crippen LogP) is 5.22. The van der Waals surface area contributed by atoms with Gasteiger partial charge in [0.25, 0.3) is 0 Å². The van der Waals surface area contributed by atoms with Gasteiger partial charge < -0.3 is 10.6 Å². The topological polar surface area (TPSA) is 49.8 Å². The molecule has 0 fully saturated rings. The van der Waals surface area contributed by atoms with Crippen LogP contribution in [0.25, 0.3) is 0 Å². The van der Waals surface area contributed by atoms with Gasteiger partial charge in [-0.15, -0.1) is 0 Å². The van der Waals surface area contributed by atoms with Crippen molar-refractivity contribution in [3.05, 3.63) is 82.6 Å². The normalized spacial score (nSPS) is 11.4. The molecule has 146 valence electrons. The molecule has 2 N–H and O–H groups in total. The van der Waals surface area contributed by atoms with Gasteiger partial charge in [-0.3, -0.25) is 0 Å². The van der Waals surface area contributed by atoms with Crippen molar-refractivity contribution in [2.24, 2.45) is 0 Å². The number of benzene rings is 2. The first-order valence-electron chi connectivity index (χ1n) is 8.62. The molecule has 0 saturated heterocycles. The number of aromatic nitrogens is 2. The number of hydrogen-bond acceptors (Lipinski definition) is 4. The Morgan fingerprint density at radius 1 is 1.00 bits per heavy atom. The van der Waals surface area contributed by atoms with Gasteiger partial charge in [0.15, 0.2) is 5.69 Å². The Hall–Kier alpha value is -2.64. The molecule has 3 aromatic rings. The third-order valence-corrected chi connectivity index (χ3v) is 4.20. The Balaban J connectivity index is 1.68. The molecule has 0 aliphatic heterocycles. The van der Waals surface area contributed by atoms with Gasteiger partial charge in [-0.05, 0) is 36.7 Å². The summed E-state index contributed by atoms with van der Waals surface area (Å²) in [4.78, 5) is 7.68. The SMILES string of the molecule is FC(F)(F)c1nc(Nc2cccc(Cl)c2)ncc1CNCCc1ccccc1. The highest BCUT2D eigenvalue weighted by atomic mass is 35.5. The molecule has 0 bridgehead atoms. The lowest BCUT2D eigenvalue weighted by Gasteiger charge is -2.14. The number of hydrogen-bond donors (Lipinski definition) is 2. The van der Waals surface area contributed by atoms with E-state index < -0.39 is 11.9 Å². The summed E-state index contributed by atoms with van der Waals surface area (Å²) < 4.78 is 40.3. The minimum absolute atomic E-state index is 0.00259. The molecule has 3 rings (SSSR count). The zero-order chi connectivity index (χ0) is 20.0. The molecule has 0 unspecified atom stereocenters. The predicted molar refractivity (Wildman–Crippen MR) is 104 cm³/mol. The molecule has 0 amide bonds. The van der Waals surface area contributed by atoms with E-state index in [0.29, 0.717) is 17.3 Å². The van der Waals surface area contributed by atoms with E-state index in [9.17, 15) is 13.2 Å². The van der Waals surface area contributed by atoms with E-state index in [1.165, 1.54) is 6.20 Å². The van der Waals surface area contributed by atoms with Crippen LogP contribution in [-0.4, -0.2) is 16.5 Å². The van der Waals surface area contributed by atoms with Crippen LogP contribution in [-0.2, 0) is 19.1 Å². The van der Waals surface area contributed by atoms with Gasteiger partial charge >= 0.3 is 6.18 Å². The second kappa shape index (κ2) is 9.03. The Kier molecular flexibility index (Phi) is 6.49. The summed E-state index contributed by atoms with van der Waals surface area (Å²) in [6, 6.07) is 16.3. The molecule has 0 spiro atoms. The van der Waals surface area contributed by atoms with Gasteiger partial charge in [0.1, 0.15) is 0 Å². The van der Waals surface area contributed by atoms with Crippen molar-refractivity contribution in [2.75, 3.05) is 11.9 Å². The summed E-state index contributed by atoms with van der Waals surface area (Å²) in [7, 11) is 0. The number of anilines is 2. The maximum atomic E-state index is 13.4. The molecule has 2 aromatic carbocycles. The molecule has 1 aromatic heterocycles. The van der Waals surface area contributed by atoms with Crippen LogP contribution < -0.4 is 10.6 Å². The Morgan fingerprint density at radius 2 is 1.79 bits per heavy atom. The van der Waals surface area contributed by atoms with Crippen molar-refractivity contribution in [3.63, 3.8) is 0 Å². The zero-order valence-corrected chi connectivity index (χ0v) is 15.6. The smallest absolute Gasteiger partial charge is 0.324 e. The molecule has 8 heteroatoms. The number of nitrogens with zero attached hydrogens (tertiary/aromatic N) is 2. The van der Waals surface area contributed by atoms with E-state index in [0.717, 1.165) is 12.0 Å². The Morgan fingerprint density at radius 3 is 2.50 bits per heavy atom. The van der Waals surface area contributed by atoms with Crippen LogP contribution in [0.3, 0.4) is 0 Å². The van der Waals surface area contributed by atoms with Gasteiger partial charge in [0, 0.05) is 29.0 Å². The average molecular weight is 407 g/mol. The molecule has 0 radical (unpaired) electrons. The lowest BCUT2D eigenvalue weighted by atomic mass is 10.1. The molecule has 4 nitrogen and oxygen atoms in total. The summed E-state index contributed by atoms with van der Waals surface area (Å²) >= 11 is 5.89. The third-order valence-electron chi connectivity index (χ3n) is 3.96. The molecule has 28 heavy (non-hydrogen) atoms. The lowest BCUT2D eigenvalue weighted by Crippen LogP contribution is -2.21. The van der Waals surface area contributed by atoms with Crippen LogP contribution in [0.5, 0.6) is 0 Å². The standard InChI is InChI=1S/C20H18ClF3N4/c21-16-7-4-8-17(11-16)27-19-26-13-15(18(28-19)20(22,23)24)12-25-10-9-14-5-2-1-3-6-14/h1-8,11,13,25H,9-10,12H2,(H,26,27,28). The van der Waals surface area contributed by atoms with Crippen LogP contribution in [0.2, 0.25) is 5.02 Å². The van der Waals surface area contributed by atoms with Gasteiger partial charge in [0.2, 0.25) is 5.95 Å². The van der Waals surface area contributed by atoms with Gasteiger partial charge in [-0.25, -0.2) is 9.97 Å². The number of halogens is 4. The van der Waals surface area contributed by atoms with E-state index in [1.54, 1.807) is 24.3 Å². The summed E-state index contributed by atoms with van der Waals surface area (Å²) in [5, 5.41) is 6.23. The lowest BCUT2D eigenvalue weighted by molar-refractivity contribution is -0.141. The van der Waals surface area contributed by atoms with Crippen molar-refractivity contribution in [1.29, 1.82) is 0 Å². The molecular formula is C20H18ClF3N4. The second-order valence-electron chi connectivity index (χ2n) is 6.11. The van der Waals surface area contributed by atoms with Crippen molar-refractivity contribution >= 4 is 23.2 Å². The van der Waals surface area contributed by atoms with Crippen molar-refractivity contribution < 1.29 is 13.2 Å². The van der Waals surface area contributed by atoms with E-state index in [1.807, 2.05) is 30.3 Å². The van der Waals surface area contributed by atoms with Gasteiger partial charge in [0.05, 0.1) is 0 Å². The fraction of sp³-hybridized carbons (Fsp3) is 0.200. The van der Waals surface area contributed by atoms with E-state index in [2.05, 4.69) is 20.6 Å². The van der Waals surface area contributed by atoms with Crippen molar-refractivity contribution in [3.8, 4) is 0 Å². The first-order chi connectivity index (χ1) is 13.4. The average Bonchev–Trinajstić information content (AvgIpc) is 2.66. The molecule has 0 aliphatic rings. The first kappa shape index (κ1) is 20.1. The highest BCUT2D eigenvalue weighted by Crippen LogP contribution is 2.31. The van der Waals surface area contributed by atoms with Crippen molar-refractivity contribution in [2.45, 2.75) is 19.1 Å². The van der Waals surface area contributed by atoms with E-state index >= 15 is 0 Å². The van der Waals surface area contributed by atoms with Gasteiger partial charge in [-0.1, -0.05) is 48.0 Å². The maximum Gasteiger partial charge on any atom is 0.433 e. The summed E-state index contributed by atoms with van der Waals surface area (Å²) in [6.07, 6.45) is -2.67. The first-order valence-corrected chi connectivity index (χ1v) is 9.00. The largest absolute Gasteiger partial charge is 0.433 e. The minimum Gasteiger partial charge on any atom is -0.324 e. The molecule has 0 aliphatic carbocycles. The summed E-state index contributed by atoms with van der Waals surface area (Å²) in [6.45, 7) is 0.572. The van der Waals surface area contributed by atoms with E-state index in [4.69, 9.17) is 11.6 Å². The summed E-state index contributed by atoms with van der Waals surface area (Å²) in [5.41, 5.74) is 0.661. The van der Waals surface area contributed by atoms with E-state index in [-0.39, 0.29) is 18.1 Å². The van der Waals surface area contributed by atoms with Crippen LogP contribution in [0.4, 0.5) is 24.8 Å². The Labute approximate surface area is 165 Å². The maximum absolute atomic E-state index is 13.4. The third kappa shape index (κ3) is 5.68. The highest BCUT2D eigenvalue weighted by Gasteiger charge is 2.36. The number of alkyl halides is 3. The summed E-state index contributed by atoms with van der Waals surface area (Å²) in [5.74, 6) is -0.136. The minimum atomic E-state index is -4.58. The highest BCUT2D eigenvalue weighted by molar-refractivity contribution is 6.30. The molecule has 0 atom stereocenters. The molecule has 0 saturated carbocycles. The molecule has 1 heterocycles. The van der Waals surface area contributed by atoms with Gasteiger partial charge in [-0.2, -0.15) is 13.2 Å². The van der Waals surface area contributed by atoms with Crippen LogP contribution >= 0.6 is 11.6 Å². The fourth-order valence-corrected chi connectivity index (χ4v) is 2.83. The fourth-order valence-electron chi connectivity index (χ4n) is 2.64. The monoisotopic (exact) mass is 406 g/mol. The quantitative estimate of drug-likeness (QED) is 0.528. The zero-order valence-electron chi connectivity index (χ0n) is 14.8.